The fourth-order valence-corrected chi connectivity index (χ4v) is 8.12. The first-order valence-corrected chi connectivity index (χ1v) is 16.1. The molecule has 8 heteroatoms. The lowest BCUT2D eigenvalue weighted by Gasteiger charge is -2.34. The highest BCUT2D eigenvalue weighted by molar-refractivity contribution is 7.91. The normalized spacial score (nSPS) is 23.2. The number of hydrogen-bond acceptors (Lipinski definition) is 6. The summed E-state index contributed by atoms with van der Waals surface area (Å²) in [6, 6.07) is 8.82. The number of carbonyl (C=O) groups is 1. The molecule has 0 bridgehead atoms. The van der Waals surface area contributed by atoms with Gasteiger partial charge in [0.2, 0.25) is 0 Å². The quantitative estimate of drug-likeness (QED) is 0.396. The van der Waals surface area contributed by atoms with Crippen LogP contribution in [0.4, 0.5) is 0 Å². The van der Waals surface area contributed by atoms with Gasteiger partial charge in [-0.25, -0.2) is 8.42 Å². The van der Waals surface area contributed by atoms with Crippen molar-refractivity contribution < 1.29 is 17.9 Å². The van der Waals surface area contributed by atoms with E-state index in [0.29, 0.717) is 23.5 Å². The van der Waals surface area contributed by atoms with Gasteiger partial charge in [0.05, 0.1) is 28.2 Å². The van der Waals surface area contributed by atoms with Gasteiger partial charge < -0.3 is 10.1 Å². The first kappa shape index (κ1) is 28.3. The number of benzene rings is 1. The van der Waals surface area contributed by atoms with Gasteiger partial charge in [-0.2, -0.15) is 0 Å². The Bertz CT molecular complexity index is 1170. The van der Waals surface area contributed by atoms with Crippen LogP contribution in [0.15, 0.2) is 35.2 Å². The highest BCUT2D eigenvalue weighted by atomic mass is 32.2. The second kappa shape index (κ2) is 12.0. The van der Waals surface area contributed by atoms with E-state index in [1.54, 1.807) is 49.6 Å². The van der Waals surface area contributed by atoms with Gasteiger partial charge in [-0.15, -0.1) is 11.3 Å². The summed E-state index contributed by atoms with van der Waals surface area (Å²) in [5.41, 5.74) is 2.11. The van der Waals surface area contributed by atoms with Crippen LogP contribution < -0.4 is 5.32 Å². The van der Waals surface area contributed by atoms with Crippen LogP contribution in [0, 0.1) is 17.8 Å². The van der Waals surface area contributed by atoms with Crippen molar-refractivity contribution in [3.8, 4) is 0 Å². The predicted molar refractivity (Wildman–Crippen MR) is 150 cm³/mol. The van der Waals surface area contributed by atoms with Crippen molar-refractivity contribution in [2.75, 3.05) is 26.0 Å². The Kier molecular flexibility index (Phi) is 9.15. The molecule has 1 saturated carbocycles. The van der Waals surface area contributed by atoms with Crippen molar-refractivity contribution in [3.63, 3.8) is 0 Å². The maximum atomic E-state index is 13.3. The molecule has 1 fully saturated rings. The van der Waals surface area contributed by atoms with E-state index < -0.39 is 9.84 Å². The van der Waals surface area contributed by atoms with E-state index in [1.165, 1.54) is 36.1 Å². The molecule has 1 aromatic carbocycles. The second-order valence-corrected chi connectivity index (χ2v) is 14.6. The third-order valence-electron chi connectivity index (χ3n) is 8.02. The van der Waals surface area contributed by atoms with Gasteiger partial charge in [0.25, 0.3) is 5.91 Å². The number of hydrogen-bond donors (Lipinski definition) is 1. The van der Waals surface area contributed by atoms with Crippen LogP contribution in [0.2, 0.25) is 0 Å². The van der Waals surface area contributed by atoms with Gasteiger partial charge in [0.1, 0.15) is 0 Å². The Hall–Kier alpha value is -1.74. The predicted octanol–water partition coefficient (Wildman–Crippen LogP) is 6.00. The van der Waals surface area contributed by atoms with Crippen molar-refractivity contribution >= 4 is 27.1 Å². The third kappa shape index (κ3) is 6.47. The van der Waals surface area contributed by atoms with E-state index in [2.05, 4.69) is 37.1 Å². The van der Waals surface area contributed by atoms with Crippen LogP contribution in [0.3, 0.4) is 0 Å². The van der Waals surface area contributed by atoms with Gasteiger partial charge in [0, 0.05) is 31.1 Å². The zero-order chi connectivity index (χ0) is 26.7. The molecule has 1 aromatic heterocycles. The molecule has 37 heavy (non-hydrogen) atoms. The molecule has 0 spiro atoms. The van der Waals surface area contributed by atoms with E-state index in [4.69, 9.17) is 4.74 Å². The molecule has 2 aliphatic rings. The summed E-state index contributed by atoms with van der Waals surface area (Å²) in [5.74, 6) is 2.08. The number of rotatable bonds is 10. The van der Waals surface area contributed by atoms with Crippen LogP contribution in [-0.4, -0.2) is 45.2 Å². The molecule has 2 heterocycles. The molecular weight excluding hydrogens is 504 g/mol. The molecule has 4 rings (SSSR count). The van der Waals surface area contributed by atoms with E-state index in [-0.39, 0.29) is 17.7 Å². The molecule has 1 aliphatic carbocycles. The minimum atomic E-state index is -3.27. The zero-order valence-electron chi connectivity index (χ0n) is 22.8. The summed E-state index contributed by atoms with van der Waals surface area (Å²) in [7, 11) is -1.67. The summed E-state index contributed by atoms with van der Waals surface area (Å²) in [6.45, 7) is 10.9. The van der Waals surface area contributed by atoms with Crippen LogP contribution in [-0.2, 0) is 21.1 Å². The molecular formula is C29H42N2O4S2. The SMILES string of the molecule is CCS(=O)(=O)c1ccc([C@H](COC)NC(=O)c2cc3c(s2)[C@H](C(C)C)N(CC2CCC(C)CC2)C3)cc1. The molecule has 0 radical (unpaired) electrons. The molecule has 2 aromatic rings. The average molecular weight is 547 g/mol. The number of methoxy groups -OCH3 is 1. The zero-order valence-corrected chi connectivity index (χ0v) is 24.5. The number of thiophene rings is 1. The fourth-order valence-electron chi connectivity index (χ4n) is 5.85. The van der Waals surface area contributed by atoms with Gasteiger partial charge in [0.15, 0.2) is 9.84 Å². The summed E-state index contributed by atoms with van der Waals surface area (Å²) in [6.07, 6.45) is 5.35. The monoisotopic (exact) mass is 546 g/mol. The summed E-state index contributed by atoms with van der Waals surface area (Å²) < 4.78 is 29.7. The van der Waals surface area contributed by atoms with Crippen molar-refractivity contribution in [3.05, 3.63) is 51.2 Å². The summed E-state index contributed by atoms with van der Waals surface area (Å²) in [5, 5.41) is 3.12. The van der Waals surface area contributed by atoms with Crippen molar-refractivity contribution in [2.45, 2.75) is 76.9 Å². The first-order chi connectivity index (χ1) is 17.6. The molecule has 1 N–H and O–H groups in total. The highest BCUT2D eigenvalue weighted by Gasteiger charge is 2.37. The van der Waals surface area contributed by atoms with E-state index in [9.17, 15) is 13.2 Å². The first-order valence-electron chi connectivity index (χ1n) is 13.6. The number of ether oxygens (including phenoxy) is 1. The van der Waals surface area contributed by atoms with Crippen LogP contribution in [0.5, 0.6) is 0 Å². The standard InChI is InChI=1S/C29H42N2O4S2/c1-6-37(33,34)24-13-11-22(12-14-24)25(18-35-5)30-29(32)26-15-23-17-31(27(19(2)3)28(23)36-26)16-21-9-7-20(4)8-10-21/h11-15,19-21,25,27H,6-10,16-18H2,1-5H3,(H,30,32)/t20?,21?,25-,27-/m0/s1. The van der Waals surface area contributed by atoms with Crippen molar-refractivity contribution in [1.29, 1.82) is 0 Å². The Balaban J connectivity index is 1.46. The maximum absolute atomic E-state index is 13.3. The minimum Gasteiger partial charge on any atom is -0.382 e. The number of carbonyl (C=O) groups excluding carboxylic acids is 1. The summed E-state index contributed by atoms with van der Waals surface area (Å²) in [4.78, 5) is 18.3. The van der Waals surface area contributed by atoms with Crippen LogP contribution >= 0.6 is 11.3 Å². The van der Waals surface area contributed by atoms with Crippen molar-refractivity contribution in [2.24, 2.45) is 17.8 Å². The Morgan fingerprint density at radius 2 is 1.84 bits per heavy atom. The Morgan fingerprint density at radius 1 is 1.16 bits per heavy atom. The van der Waals surface area contributed by atoms with Gasteiger partial charge in [-0.05, 0) is 59.9 Å². The second-order valence-electron chi connectivity index (χ2n) is 11.2. The number of nitrogens with zero attached hydrogens (tertiary/aromatic N) is 1. The number of amides is 1. The number of sulfone groups is 1. The van der Waals surface area contributed by atoms with Gasteiger partial charge in [-0.1, -0.05) is 52.7 Å². The maximum Gasteiger partial charge on any atom is 0.261 e. The summed E-state index contributed by atoms with van der Waals surface area (Å²) >= 11 is 1.62. The molecule has 0 unspecified atom stereocenters. The lowest BCUT2D eigenvalue weighted by atomic mass is 9.82. The largest absolute Gasteiger partial charge is 0.382 e. The number of nitrogens with one attached hydrogen (secondary N) is 1. The molecule has 0 saturated heterocycles. The molecule has 2 atom stereocenters. The smallest absolute Gasteiger partial charge is 0.261 e. The van der Waals surface area contributed by atoms with Gasteiger partial charge >= 0.3 is 0 Å². The average Bonchev–Trinajstić information content (AvgIpc) is 3.43. The van der Waals surface area contributed by atoms with E-state index in [1.807, 2.05) is 0 Å². The van der Waals surface area contributed by atoms with Crippen LogP contribution in [0.1, 0.15) is 91.1 Å². The molecule has 6 nitrogen and oxygen atoms in total. The van der Waals surface area contributed by atoms with Crippen molar-refractivity contribution in [1.82, 2.24) is 10.2 Å². The van der Waals surface area contributed by atoms with Gasteiger partial charge in [-0.3, -0.25) is 9.69 Å². The Labute approximate surface area is 226 Å². The lowest BCUT2D eigenvalue weighted by molar-refractivity contribution is 0.0900. The minimum absolute atomic E-state index is 0.0578. The lowest BCUT2D eigenvalue weighted by Crippen LogP contribution is -2.33. The molecule has 1 aliphatic heterocycles. The Morgan fingerprint density at radius 3 is 2.43 bits per heavy atom. The molecule has 1 amide bonds. The number of fused-ring (bicyclic) bond motifs is 1. The fraction of sp³-hybridized carbons (Fsp3) is 0.621. The third-order valence-corrected chi connectivity index (χ3v) is 11.0. The molecule has 204 valence electrons. The highest BCUT2D eigenvalue weighted by Crippen LogP contribution is 2.45. The topological polar surface area (TPSA) is 75.7 Å². The van der Waals surface area contributed by atoms with E-state index >= 15 is 0 Å². The van der Waals surface area contributed by atoms with Crippen LogP contribution in [0.25, 0.3) is 0 Å². The van der Waals surface area contributed by atoms with E-state index in [0.717, 1.165) is 35.4 Å².